The van der Waals surface area contributed by atoms with Crippen molar-refractivity contribution in [3.05, 3.63) is 76.9 Å². The van der Waals surface area contributed by atoms with Crippen LogP contribution in [-0.4, -0.2) is 43.3 Å². The quantitative estimate of drug-likeness (QED) is 0.153. The Morgan fingerprint density at radius 2 is 1.98 bits per heavy atom. The summed E-state index contributed by atoms with van der Waals surface area (Å²) in [7, 11) is 6.62. The average Bonchev–Trinajstić information content (AvgIpc) is 3.44. The average molecular weight is 666 g/mol. The molecule has 3 unspecified atom stereocenters. The Balaban J connectivity index is 1.35. The lowest BCUT2D eigenvalue weighted by atomic mass is 9.66. The second-order valence-corrected chi connectivity index (χ2v) is 14.8. The highest BCUT2D eigenvalue weighted by atomic mass is 127. The van der Waals surface area contributed by atoms with Gasteiger partial charge in [-0.1, -0.05) is 28.3 Å². The molecule has 9 heteroatoms. The minimum Gasteiger partial charge on any atom is -0.476 e. The predicted octanol–water partition coefficient (Wildman–Crippen LogP) is 6.34. The molecule has 1 N–H and O–H groups in total. The fourth-order valence-corrected chi connectivity index (χ4v) is 7.78. The van der Waals surface area contributed by atoms with Crippen LogP contribution in [0, 0.1) is 12.8 Å². The van der Waals surface area contributed by atoms with Gasteiger partial charge in [0.1, 0.15) is 11.6 Å². The molecule has 1 amide bonds. The van der Waals surface area contributed by atoms with Crippen LogP contribution in [0.4, 0.5) is 0 Å². The second-order valence-electron chi connectivity index (χ2n) is 11.6. The molecule has 2 aliphatic heterocycles. The van der Waals surface area contributed by atoms with Gasteiger partial charge >= 0.3 is 0 Å². The third-order valence-electron chi connectivity index (χ3n) is 9.17. The van der Waals surface area contributed by atoms with Gasteiger partial charge in [0.15, 0.2) is 3.85 Å². The van der Waals surface area contributed by atoms with Gasteiger partial charge in [-0.15, -0.1) is 0 Å². The Kier molecular flexibility index (Phi) is 6.26. The molecule has 1 aliphatic carbocycles. The number of ether oxygens (including phenoxy) is 1. The summed E-state index contributed by atoms with van der Waals surface area (Å²) in [6.07, 6.45) is 5.03. The minimum absolute atomic E-state index is 0.0150. The second kappa shape index (κ2) is 9.50. The summed E-state index contributed by atoms with van der Waals surface area (Å²) in [5.74, 6) is 2.42. The van der Waals surface area contributed by atoms with E-state index in [0.717, 1.165) is 64.3 Å². The van der Waals surface area contributed by atoms with Gasteiger partial charge in [0.25, 0.3) is 5.91 Å². The number of aromatic nitrogens is 3. The number of nitrogens with one attached hydrogen (secondary N) is 1. The Morgan fingerprint density at radius 1 is 1.18 bits per heavy atom. The number of fused-ring (bicyclic) bond motifs is 9. The number of hydrogen-bond acceptors (Lipinski definition) is 5. The van der Waals surface area contributed by atoms with Crippen molar-refractivity contribution < 1.29 is 9.53 Å². The summed E-state index contributed by atoms with van der Waals surface area (Å²) < 4.78 is 8.44. The van der Waals surface area contributed by atoms with Crippen LogP contribution in [0.2, 0.25) is 0 Å². The van der Waals surface area contributed by atoms with E-state index >= 15 is 0 Å². The number of carbonyl (C=O) groups is 1. The molecule has 4 aromatic rings. The summed E-state index contributed by atoms with van der Waals surface area (Å²) in [6, 6.07) is 14.4. The summed E-state index contributed by atoms with van der Waals surface area (Å²) in [4.78, 5) is 25.4. The number of benzene rings is 2. The predicted molar refractivity (Wildman–Crippen MR) is 169 cm³/mol. The maximum Gasteiger partial charge on any atom is 0.254 e. The van der Waals surface area contributed by atoms with Crippen molar-refractivity contribution >= 4 is 48.8 Å². The molecule has 206 valence electrons. The summed E-state index contributed by atoms with van der Waals surface area (Å²) in [5, 5.41) is 3.55. The number of rotatable bonds is 5. The van der Waals surface area contributed by atoms with Crippen LogP contribution >= 0.6 is 31.8 Å². The number of nitrogens with zero attached hydrogens (tertiary/aromatic N) is 4. The Morgan fingerprint density at radius 3 is 2.67 bits per heavy atom. The fourth-order valence-electron chi connectivity index (χ4n) is 7.36. The van der Waals surface area contributed by atoms with Crippen LogP contribution in [-0.2, 0) is 5.54 Å². The first-order valence-corrected chi connectivity index (χ1v) is 15.8. The van der Waals surface area contributed by atoms with Crippen LogP contribution in [0.15, 0.2) is 48.7 Å². The van der Waals surface area contributed by atoms with E-state index in [0.29, 0.717) is 11.5 Å². The maximum absolute atomic E-state index is 13.5. The van der Waals surface area contributed by atoms with Crippen LogP contribution in [0.25, 0.3) is 22.2 Å². The molecule has 7 nitrogen and oxygen atoms in total. The van der Waals surface area contributed by atoms with Crippen molar-refractivity contribution in [1.29, 1.82) is 0 Å². The number of imidazole rings is 1. The van der Waals surface area contributed by atoms with Crippen molar-refractivity contribution in [2.24, 2.45) is 5.92 Å². The molecule has 4 heterocycles. The standard InChI is InChI=1S/C31H33IN5O2P/c1-16-13-31(14-16,33-3)27-17(2)10-19(15-34-27)18-8-9-21-22(11-18)37-23-12-24(28(37)35-21)36(4)29(38)20-6-5-7-25(26(20)23)39-30(32)40/h5-11,15-16,23-24,30,33H,12-14,40H2,1-4H3/t16-,23-,24?,30?,31-/m1/s1. The fraction of sp³-hybridized carbons (Fsp3) is 0.387. The molecule has 1 saturated carbocycles. The van der Waals surface area contributed by atoms with Gasteiger partial charge in [-0.05, 0) is 96.8 Å². The molecule has 2 bridgehead atoms. The summed E-state index contributed by atoms with van der Waals surface area (Å²) >= 11 is 2.23. The topological polar surface area (TPSA) is 72.3 Å². The van der Waals surface area contributed by atoms with Gasteiger partial charge in [0.2, 0.25) is 0 Å². The molecular weight excluding hydrogens is 632 g/mol. The van der Waals surface area contributed by atoms with Crippen molar-refractivity contribution in [3.8, 4) is 16.9 Å². The molecule has 2 aromatic heterocycles. The van der Waals surface area contributed by atoms with Gasteiger partial charge in [0.05, 0.1) is 34.3 Å². The first kappa shape index (κ1) is 26.4. The van der Waals surface area contributed by atoms with Crippen LogP contribution in [0.5, 0.6) is 5.75 Å². The Bertz CT molecular complexity index is 1680. The van der Waals surface area contributed by atoms with Gasteiger partial charge < -0.3 is 19.5 Å². The molecule has 0 saturated heterocycles. The third kappa shape index (κ3) is 3.86. The highest BCUT2D eigenvalue weighted by Crippen LogP contribution is 2.50. The number of halogens is 1. The molecule has 0 radical (unpaired) electrons. The summed E-state index contributed by atoms with van der Waals surface area (Å²) in [5.41, 5.74) is 8.24. The van der Waals surface area contributed by atoms with Crippen LogP contribution in [0.1, 0.15) is 71.3 Å². The highest BCUT2D eigenvalue weighted by Gasteiger charge is 2.46. The van der Waals surface area contributed by atoms with E-state index in [1.165, 1.54) is 5.56 Å². The smallest absolute Gasteiger partial charge is 0.254 e. The number of aryl methyl sites for hydroxylation is 1. The van der Waals surface area contributed by atoms with Crippen molar-refractivity contribution in [2.75, 3.05) is 14.1 Å². The lowest BCUT2D eigenvalue weighted by Crippen LogP contribution is -2.51. The van der Waals surface area contributed by atoms with E-state index in [9.17, 15) is 4.79 Å². The zero-order chi connectivity index (χ0) is 27.9. The Labute approximate surface area is 250 Å². The number of amides is 1. The lowest BCUT2D eigenvalue weighted by Gasteiger charge is -2.46. The lowest BCUT2D eigenvalue weighted by molar-refractivity contribution is 0.0734. The molecule has 7 rings (SSSR count). The van der Waals surface area contributed by atoms with Gasteiger partial charge in [-0.25, -0.2) is 4.98 Å². The Hall–Kier alpha value is -2.55. The van der Waals surface area contributed by atoms with E-state index < -0.39 is 0 Å². The monoisotopic (exact) mass is 665 g/mol. The van der Waals surface area contributed by atoms with Gasteiger partial charge in [-0.3, -0.25) is 9.78 Å². The molecule has 40 heavy (non-hydrogen) atoms. The van der Waals surface area contributed by atoms with Crippen molar-refractivity contribution in [2.45, 2.75) is 54.6 Å². The molecule has 3 aliphatic rings. The van der Waals surface area contributed by atoms with Gasteiger partial charge in [0, 0.05) is 36.4 Å². The number of alkyl halides is 1. The van der Waals surface area contributed by atoms with E-state index in [1.54, 1.807) is 0 Å². The van der Waals surface area contributed by atoms with E-state index in [-0.39, 0.29) is 27.4 Å². The molecular formula is C31H33IN5O2P. The normalized spacial score (nSPS) is 25.8. The molecule has 2 aromatic carbocycles. The van der Waals surface area contributed by atoms with Crippen LogP contribution < -0.4 is 10.1 Å². The zero-order valence-electron chi connectivity index (χ0n) is 23.1. The van der Waals surface area contributed by atoms with E-state index in [4.69, 9.17) is 14.7 Å². The van der Waals surface area contributed by atoms with Crippen molar-refractivity contribution in [1.82, 2.24) is 24.8 Å². The van der Waals surface area contributed by atoms with E-state index in [1.807, 2.05) is 43.4 Å². The SMILES string of the molecule is CN[C@]1(c2ncc(-c3ccc4nc5n(c4c3)[C@@H]3CC5N(C)C(=O)c4cccc(OC(P)I)c43)cc2C)C[C@@H](C)C1. The molecule has 4 atom stereocenters. The number of hydrogen-bond donors (Lipinski definition) is 1. The number of carbonyl (C=O) groups excluding carboxylic acids is 1. The summed E-state index contributed by atoms with van der Waals surface area (Å²) in [6.45, 7) is 4.48. The van der Waals surface area contributed by atoms with Crippen molar-refractivity contribution in [3.63, 3.8) is 0 Å². The largest absolute Gasteiger partial charge is 0.476 e. The molecule has 0 spiro atoms. The first-order chi connectivity index (χ1) is 19.2. The first-order valence-electron chi connectivity index (χ1n) is 13.9. The van der Waals surface area contributed by atoms with E-state index in [2.05, 4.69) is 79.8 Å². The zero-order valence-corrected chi connectivity index (χ0v) is 26.4. The van der Waals surface area contributed by atoms with Gasteiger partial charge in [-0.2, -0.15) is 0 Å². The number of pyridine rings is 1. The van der Waals surface area contributed by atoms with Crippen LogP contribution in [0.3, 0.4) is 0 Å². The maximum atomic E-state index is 13.5. The molecule has 1 fully saturated rings. The highest BCUT2D eigenvalue weighted by molar-refractivity contribution is 14.1. The third-order valence-corrected chi connectivity index (χ3v) is 9.56. The minimum atomic E-state index is -0.105.